The van der Waals surface area contributed by atoms with Crippen LogP contribution in [0.1, 0.15) is 20.8 Å². The highest BCUT2D eigenvalue weighted by Crippen LogP contribution is 2.38. The first-order valence-corrected chi connectivity index (χ1v) is 8.66. The molecule has 0 fully saturated rings. The number of ether oxygens (including phenoxy) is 3. The van der Waals surface area contributed by atoms with Gasteiger partial charge in [0.05, 0.1) is 0 Å². The van der Waals surface area contributed by atoms with Gasteiger partial charge in [-0.1, -0.05) is 6.07 Å². The zero-order valence-corrected chi connectivity index (χ0v) is 16.2. The number of benzene rings is 2. The van der Waals surface area contributed by atoms with E-state index in [2.05, 4.69) is 0 Å². The Hall–Kier alpha value is -4.14. The minimum Gasteiger partial charge on any atom is -0.507 e. The largest absolute Gasteiger partial charge is 0.507 e. The minimum atomic E-state index is -0.782. The highest BCUT2D eigenvalue weighted by atomic mass is 16.6. The van der Waals surface area contributed by atoms with E-state index in [9.17, 15) is 24.3 Å². The average molecular weight is 412 g/mol. The van der Waals surface area contributed by atoms with E-state index in [-0.39, 0.29) is 39.5 Å². The summed E-state index contributed by atoms with van der Waals surface area (Å²) in [6.07, 6.45) is 0. The zero-order chi connectivity index (χ0) is 22.0. The molecule has 0 saturated heterocycles. The molecule has 0 aliphatic carbocycles. The highest BCUT2D eigenvalue weighted by Gasteiger charge is 2.23. The van der Waals surface area contributed by atoms with Crippen LogP contribution in [0.15, 0.2) is 45.6 Å². The van der Waals surface area contributed by atoms with Gasteiger partial charge in [0.2, 0.25) is 11.2 Å². The van der Waals surface area contributed by atoms with Crippen LogP contribution < -0.4 is 19.6 Å². The summed E-state index contributed by atoms with van der Waals surface area (Å²) in [6.45, 7) is 3.44. The van der Waals surface area contributed by atoms with Crippen LogP contribution in [-0.2, 0) is 14.4 Å². The van der Waals surface area contributed by atoms with Gasteiger partial charge in [-0.05, 0) is 30.3 Å². The molecule has 0 atom stereocenters. The maximum absolute atomic E-state index is 12.9. The Morgan fingerprint density at radius 3 is 2.13 bits per heavy atom. The summed E-state index contributed by atoms with van der Waals surface area (Å²) in [5.41, 5.74) is -0.526. The van der Waals surface area contributed by atoms with E-state index in [0.29, 0.717) is 0 Å². The van der Waals surface area contributed by atoms with Crippen molar-refractivity contribution in [2.45, 2.75) is 20.8 Å². The molecule has 1 N–H and O–H groups in total. The number of phenolic OH excluding ortho intramolecular Hbond substituents is 1. The maximum atomic E-state index is 12.9. The van der Waals surface area contributed by atoms with Gasteiger partial charge in [-0.15, -0.1) is 0 Å². The SMILES string of the molecule is CC(=O)Oc1ccc(-c2oc3cccc(O)c3c(=O)c2OC(C)=O)cc1OC(C)=O. The molecule has 1 heterocycles. The van der Waals surface area contributed by atoms with Crippen LogP contribution in [0.5, 0.6) is 23.0 Å². The summed E-state index contributed by atoms with van der Waals surface area (Å²) in [5.74, 6) is -3.17. The third-order valence-corrected chi connectivity index (χ3v) is 3.81. The predicted molar refractivity (Wildman–Crippen MR) is 104 cm³/mol. The number of hydrogen-bond donors (Lipinski definition) is 1. The molecule has 2 aromatic carbocycles. The molecule has 0 amide bonds. The van der Waals surface area contributed by atoms with Gasteiger partial charge >= 0.3 is 17.9 Å². The Balaban J connectivity index is 2.29. The summed E-state index contributed by atoms with van der Waals surface area (Å²) in [5, 5.41) is 9.87. The predicted octanol–water partition coefficient (Wildman–Crippen LogP) is 2.94. The van der Waals surface area contributed by atoms with Crippen LogP contribution in [0, 0.1) is 0 Å². The van der Waals surface area contributed by atoms with E-state index in [4.69, 9.17) is 18.6 Å². The lowest BCUT2D eigenvalue weighted by Gasteiger charge is -2.13. The molecule has 0 aliphatic rings. The molecule has 0 spiro atoms. The van der Waals surface area contributed by atoms with Crippen molar-refractivity contribution in [1.29, 1.82) is 0 Å². The van der Waals surface area contributed by atoms with Crippen molar-refractivity contribution in [2.75, 3.05) is 0 Å². The molecule has 0 unspecified atom stereocenters. The van der Waals surface area contributed by atoms with Crippen LogP contribution in [0.2, 0.25) is 0 Å². The first kappa shape index (κ1) is 20.6. The van der Waals surface area contributed by atoms with Gasteiger partial charge in [0, 0.05) is 26.3 Å². The average Bonchev–Trinajstić information content (AvgIpc) is 2.64. The second-order valence-electron chi connectivity index (χ2n) is 6.18. The summed E-state index contributed by atoms with van der Waals surface area (Å²) in [4.78, 5) is 47.2. The van der Waals surface area contributed by atoms with E-state index in [1.54, 1.807) is 0 Å². The first-order chi connectivity index (χ1) is 14.2. The summed E-state index contributed by atoms with van der Waals surface area (Å²) < 4.78 is 20.9. The first-order valence-electron chi connectivity index (χ1n) is 8.66. The Kier molecular flexibility index (Phi) is 5.54. The number of phenols is 1. The fraction of sp³-hybridized carbons (Fsp3) is 0.143. The number of rotatable bonds is 4. The molecule has 154 valence electrons. The lowest BCUT2D eigenvalue weighted by Crippen LogP contribution is -2.13. The van der Waals surface area contributed by atoms with Gasteiger partial charge in [0.1, 0.15) is 16.7 Å². The Morgan fingerprint density at radius 1 is 0.867 bits per heavy atom. The standard InChI is InChI=1S/C21H16O9/c1-10(22)27-15-8-7-13(9-17(15)28-11(2)23)20-21(29-12(3)24)19(26)18-14(25)5-4-6-16(18)30-20/h4-9,25H,1-3H3. The lowest BCUT2D eigenvalue weighted by molar-refractivity contribution is -0.134. The number of esters is 3. The van der Waals surface area contributed by atoms with Gasteiger partial charge in [-0.2, -0.15) is 0 Å². The van der Waals surface area contributed by atoms with Crippen LogP contribution in [-0.4, -0.2) is 23.0 Å². The second kappa shape index (κ2) is 8.08. The lowest BCUT2D eigenvalue weighted by atomic mass is 10.1. The van der Waals surface area contributed by atoms with E-state index in [1.807, 2.05) is 0 Å². The van der Waals surface area contributed by atoms with Crippen molar-refractivity contribution in [3.8, 4) is 34.3 Å². The van der Waals surface area contributed by atoms with Crippen LogP contribution in [0.25, 0.3) is 22.3 Å². The molecule has 1 aromatic heterocycles. The maximum Gasteiger partial charge on any atom is 0.308 e. The van der Waals surface area contributed by atoms with Gasteiger partial charge in [0.15, 0.2) is 17.3 Å². The summed E-state index contributed by atoms with van der Waals surface area (Å²) >= 11 is 0. The monoisotopic (exact) mass is 412 g/mol. The van der Waals surface area contributed by atoms with E-state index < -0.39 is 29.1 Å². The second-order valence-corrected chi connectivity index (χ2v) is 6.18. The molecule has 0 saturated carbocycles. The molecule has 30 heavy (non-hydrogen) atoms. The molecule has 0 radical (unpaired) electrons. The van der Waals surface area contributed by atoms with Gasteiger partial charge in [-0.3, -0.25) is 19.2 Å². The highest BCUT2D eigenvalue weighted by molar-refractivity contribution is 5.88. The number of fused-ring (bicyclic) bond motifs is 1. The molecular weight excluding hydrogens is 396 g/mol. The Labute approximate surface area is 169 Å². The summed E-state index contributed by atoms with van der Waals surface area (Å²) in [7, 11) is 0. The molecule has 0 aliphatic heterocycles. The number of carbonyl (C=O) groups excluding carboxylic acids is 3. The smallest absolute Gasteiger partial charge is 0.308 e. The Bertz CT molecular complexity index is 1240. The summed E-state index contributed by atoms with van der Waals surface area (Å²) in [6, 6.07) is 8.27. The molecule has 9 heteroatoms. The van der Waals surface area contributed by atoms with E-state index in [1.165, 1.54) is 43.3 Å². The normalized spacial score (nSPS) is 10.5. The van der Waals surface area contributed by atoms with E-state index >= 15 is 0 Å². The number of hydrogen-bond acceptors (Lipinski definition) is 9. The van der Waals surface area contributed by atoms with Gasteiger partial charge < -0.3 is 23.7 Å². The van der Waals surface area contributed by atoms with Crippen molar-refractivity contribution < 1.29 is 38.1 Å². The van der Waals surface area contributed by atoms with E-state index in [0.717, 1.165) is 13.8 Å². The van der Waals surface area contributed by atoms with Crippen molar-refractivity contribution >= 4 is 28.9 Å². The number of aromatic hydroxyl groups is 1. The van der Waals surface area contributed by atoms with Crippen LogP contribution in [0.4, 0.5) is 0 Å². The fourth-order valence-electron chi connectivity index (χ4n) is 2.76. The molecule has 9 nitrogen and oxygen atoms in total. The van der Waals surface area contributed by atoms with Crippen molar-refractivity contribution in [3.05, 3.63) is 46.6 Å². The van der Waals surface area contributed by atoms with Gasteiger partial charge in [0.25, 0.3) is 0 Å². The molecular formula is C21H16O9. The zero-order valence-electron chi connectivity index (χ0n) is 16.2. The van der Waals surface area contributed by atoms with Crippen LogP contribution >= 0.6 is 0 Å². The number of carbonyl (C=O) groups is 3. The van der Waals surface area contributed by atoms with Crippen molar-refractivity contribution in [3.63, 3.8) is 0 Å². The third kappa shape index (κ3) is 4.14. The molecule has 3 aromatic rings. The third-order valence-electron chi connectivity index (χ3n) is 3.81. The molecule has 3 rings (SSSR count). The van der Waals surface area contributed by atoms with Gasteiger partial charge in [-0.25, -0.2) is 0 Å². The van der Waals surface area contributed by atoms with Crippen LogP contribution in [0.3, 0.4) is 0 Å². The fourth-order valence-corrected chi connectivity index (χ4v) is 2.76. The topological polar surface area (TPSA) is 129 Å². The quantitative estimate of drug-likeness (QED) is 0.508. The minimum absolute atomic E-state index is 0.0312. The van der Waals surface area contributed by atoms with Crippen molar-refractivity contribution in [1.82, 2.24) is 0 Å². The van der Waals surface area contributed by atoms with Crippen molar-refractivity contribution in [2.24, 2.45) is 0 Å². The molecule has 0 bridgehead atoms. The Morgan fingerprint density at radius 2 is 1.50 bits per heavy atom.